The van der Waals surface area contributed by atoms with Gasteiger partial charge in [0.1, 0.15) is 11.4 Å². The normalized spacial score (nSPS) is 16.6. The van der Waals surface area contributed by atoms with Crippen molar-refractivity contribution in [3.63, 3.8) is 0 Å². The van der Waals surface area contributed by atoms with Crippen LogP contribution in [0.2, 0.25) is 0 Å². The number of likely N-dealkylation sites (tertiary alicyclic amines) is 1. The van der Waals surface area contributed by atoms with Gasteiger partial charge in [0, 0.05) is 35.7 Å². The van der Waals surface area contributed by atoms with E-state index in [0.29, 0.717) is 13.1 Å². The Morgan fingerprint density at radius 3 is 2.53 bits per heavy atom. The standard InChI is InChI=1S/C28H35N3O3/c1-17-13-19(3)25(24(14-17)33-7)22-11-10-21-18(2)15-23(30-26(21)29-22)20-9-8-12-31(16-20)27(32)34-28(4,5)6/h10-11,13-15,20H,8-9,12,16H2,1-7H3. The van der Waals surface area contributed by atoms with Crippen molar-refractivity contribution in [3.05, 3.63) is 52.7 Å². The first kappa shape index (κ1) is 24.0. The molecule has 1 aromatic carbocycles. The molecule has 1 aliphatic heterocycles. The van der Waals surface area contributed by atoms with E-state index in [-0.39, 0.29) is 12.0 Å². The Balaban J connectivity index is 1.69. The van der Waals surface area contributed by atoms with E-state index in [4.69, 9.17) is 19.4 Å². The second-order valence-electron chi connectivity index (χ2n) is 10.4. The number of hydrogen-bond donors (Lipinski definition) is 0. The van der Waals surface area contributed by atoms with Crippen LogP contribution in [0.4, 0.5) is 4.79 Å². The number of carbonyl (C=O) groups excluding carboxylic acids is 1. The Bertz CT molecular complexity index is 1230. The molecule has 0 aliphatic carbocycles. The maximum atomic E-state index is 12.6. The van der Waals surface area contributed by atoms with Crippen LogP contribution in [-0.2, 0) is 4.74 Å². The molecule has 3 heterocycles. The second kappa shape index (κ2) is 9.24. The van der Waals surface area contributed by atoms with Crippen molar-refractivity contribution in [1.82, 2.24) is 14.9 Å². The summed E-state index contributed by atoms with van der Waals surface area (Å²) in [6.45, 7) is 13.3. The fraction of sp³-hybridized carbons (Fsp3) is 0.464. The van der Waals surface area contributed by atoms with E-state index in [1.807, 2.05) is 37.8 Å². The fourth-order valence-corrected chi connectivity index (χ4v) is 4.77. The Kier molecular flexibility index (Phi) is 6.52. The lowest BCUT2D eigenvalue weighted by molar-refractivity contribution is 0.0197. The number of nitrogens with zero attached hydrogens (tertiary/aromatic N) is 3. The number of fused-ring (bicyclic) bond motifs is 1. The number of pyridine rings is 2. The van der Waals surface area contributed by atoms with E-state index >= 15 is 0 Å². The van der Waals surface area contributed by atoms with Gasteiger partial charge in [0.05, 0.1) is 12.8 Å². The number of hydrogen-bond acceptors (Lipinski definition) is 5. The van der Waals surface area contributed by atoms with Crippen LogP contribution in [0.25, 0.3) is 22.3 Å². The molecule has 3 aromatic rings. The van der Waals surface area contributed by atoms with Crippen LogP contribution in [0.5, 0.6) is 5.75 Å². The molecule has 1 atom stereocenters. The minimum absolute atomic E-state index is 0.158. The SMILES string of the molecule is COc1cc(C)cc(C)c1-c1ccc2c(C)cc(C3CCCN(C(=O)OC(C)(C)C)C3)nc2n1. The molecule has 1 unspecified atom stereocenters. The number of aryl methyl sites for hydroxylation is 3. The van der Waals surface area contributed by atoms with E-state index < -0.39 is 5.60 Å². The van der Waals surface area contributed by atoms with E-state index in [1.54, 1.807) is 7.11 Å². The lowest BCUT2D eigenvalue weighted by atomic mass is 9.93. The first-order valence-electron chi connectivity index (χ1n) is 12.0. The highest BCUT2D eigenvalue weighted by atomic mass is 16.6. The van der Waals surface area contributed by atoms with Gasteiger partial charge in [0.15, 0.2) is 5.65 Å². The lowest BCUT2D eigenvalue weighted by Crippen LogP contribution is -2.42. The minimum atomic E-state index is -0.503. The number of amides is 1. The first-order valence-corrected chi connectivity index (χ1v) is 12.0. The predicted molar refractivity (Wildman–Crippen MR) is 136 cm³/mol. The monoisotopic (exact) mass is 461 g/mol. The Labute approximate surface area is 202 Å². The van der Waals surface area contributed by atoms with E-state index in [2.05, 4.69) is 39.0 Å². The summed E-state index contributed by atoms with van der Waals surface area (Å²) < 4.78 is 11.3. The lowest BCUT2D eigenvalue weighted by Gasteiger charge is -2.34. The number of carbonyl (C=O) groups is 1. The average molecular weight is 462 g/mol. The number of piperidine rings is 1. The third kappa shape index (κ3) is 5.01. The molecular weight excluding hydrogens is 426 g/mol. The van der Waals surface area contributed by atoms with Gasteiger partial charge in [0.2, 0.25) is 0 Å². The molecule has 2 aromatic heterocycles. The van der Waals surface area contributed by atoms with Crippen molar-refractivity contribution >= 4 is 17.1 Å². The fourth-order valence-electron chi connectivity index (χ4n) is 4.77. The number of benzene rings is 1. The van der Waals surface area contributed by atoms with Gasteiger partial charge in [0.25, 0.3) is 0 Å². The van der Waals surface area contributed by atoms with Crippen molar-refractivity contribution in [2.24, 2.45) is 0 Å². The van der Waals surface area contributed by atoms with Gasteiger partial charge in [-0.3, -0.25) is 0 Å². The van der Waals surface area contributed by atoms with Gasteiger partial charge in [-0.25, -0.2) is 14.8 Å². The summed E-state index contributed by atoms with van der Waals surface area (Å²) in [5.74, 6) is 0.975. The molecular formula is C28H35N3O3. The topological polar surface area (TPSA) is 64.5 Å². The van der Waals surface area contributed by atoms with Crippen molar-refractivity contribution in [2.45, 2.75) is 65.9 Å². The van der Waals surface area contributed by atoms with E-state index in [0.717, 1.165) is 63.3 Å². The highest BCUT2D eigenvalue weighted by Gasteiger charge is 2.29. The predicted octanol–water partition coefficient (Wildman–Crippen LogP) is 6.35. The summed E-state index contributed by atoms with van der Waals surface area (Å²) in [6.07, 6.45) is 1.66. The van der Waals surface area contributed by atoms with Crippen LogP contribution in [0, 0.1) is 20.8 Å². The Morgan fingerprint density at radius 2 is 1.82 bits per heavy atom. The maximum Gasteiger partial charge on any atom is 0.410 e. The van der Waals surface area contributed by atoms with Gasteiger partial charge < -0.3 is 14.4 Å². The van der Waals surface area contributed by atoms with Crippen molar-refractivity contribution in [3.8, 4) is 17.0 Å². The number of ether oxygens (including phenoxy) is 2. The van der Waals surface area contributed by atoms with Gasteiger partial charge in [-0.2, -0.15) is 0 Å². The number of aromatic nitrogens is 2. The molecule has 6 nitrogen and oxygen atoms in total. The molecule has 0 radical (unpaired) electrons. The molecule has 0 N–H and O–H groups in total. The Hall–Kier alpha value is -3.15. The van der Waals surface area contributed by atoms with Crippen molar-refractivity contribution in [2.75, 3.05) is 20.2 Å². The van der Waals surface area contributed by atoms with Crippen molar-refractivity contribution < 1.29 is 14.3 Å². The summed E-state index contributed by atoms with van der Waals surface area (Å²) in [5, 5.41) is 1.04. The molecule has 0 spiro atoms. The molecule has 1 fully saturated rings. The number of methoxy groups -OCH3 is 1. The molecule has 0 saturated carbocycles. The zero-order valence-electron chi connectivity index (χ0n) is 21.4. The van der Waals surface area contributed by atoms with Gasteiger partial charge in [-0.1, -0.05) is 6.07 Å². The van der Waals surface area contributed by atoms with Crippen LogP contribution in [0.3, 0.4) is 0 Å². The molecule has 4 rings (SSSR count). The van der Waals surface area contributed by atoms with E-state index in [9.17, 15) is 4.79 Å². The highest BCUT2D eigenvalue weighted by Crippen LogP contribution is 2.35. The summed E-state index contributed by atoms with van der Waals surface area (Å²) in [6, 6.07) is 10.5. The van der Waals surface area contributed by atoms with Crippen molar-refractivity contribution in [1.29, 1.82) is 0 Å². The molecule has 34 heavy (non-hydrogen) atoms. The largest absolute Gasteiger partial charge is 0.496 e. The quantitative estimate of drug-likeness (QED) is 0.455. The summed E-state index contributed by atoms with van der Waals surface area (Å²) in [4.78, 5) is 24.4. The van der Waals surface area contributed by atoms with Crippen LogP contribution in [-0.4, -0.2) is 46.8 Å². The zero-order valence-corrected chi connectivity index (χ0v) is 21.4. The summed E-state index contributed by atoms with van der Waals surface area (Å²) in [7, 11) is 1.69. The third-order valence-corrected chi connectivity index (χ3v) is 6.31. The first-order chi connectivity index (χ1) is 16.1. The third-order valence-electron chi connectivity index (χ3n) is 6.31. The molecule has 6 heteroatoms. The average Bonchev–Trinajstić information content (AvgIpc) is 2.77. The number of rotatable bonds is 3. The van der Waals surface area contributed by atoms with E-state index in [1.165, 1.54) is 0 Å². The Morgan fingerprint density at radius 1 is 1.06 bits per heavy atom. The van der Waals surface area contributed by atoms with Gasteiger partial charge in [-0.15, -0.1) is 0 Å². The maximum absolute atomic E-state index is 12.6. The molecule has 1 aliphatic rings. The molecule has 1 amide bonds. The molecule has 1 saturated heterocycles. The molecule has 180 valence electrons. The van der Waals surface area contributed by atoms with Crippen LogP contribution >= 0.6 is 0 Å². The summed E-state index contributed by atoms with van der Waals surface area (Å²) in [5.41, 5.74) is 6.47. The molecule has 0 bridgehead atoms. The minimum Gasteiger partial charge on any atom is -0.496 e. The summed E-state index contributed by atoms with van der Waals surface area (Å²) >= 11 is 0. The van der Waals surface area contributed by atoms with Gasteiger partial charge in [-0.05, 0) is 95.3 Å². The second-order valence-corrected chi connectivity index (χ2v) is 10.4. The smallest absolute Gasteiger partial charge is 0.410 e. The van der Waals surface area contributed by atoms with Crippen LogP contribution in [0.1, 0.15) is 61.9 Å². The van der Waals surface area contributed by atoms with Crippen LogP contribution < -0.4 is 4.74 Å². The zero-order chi connectivity index (χ0) is 24.6. The van der Waals surface area contributed by atoms with Gasteiger partial charge >= 0.3 is 6.09 Å². The van der Waals surface area contributed by atoms with Crippen LogP contribution in [0.15, 0.2) is 30.3 Å². The highest BCUT2D eigenvalue weighted by molar-refractivity contribution is 5.83.